The van der Waals surface area contributed by atoms with Gasteiger partial charge in [-0.15, -0.1) is 0 Å². The first kappa shape index (κ1) is 14.8. The summed E-state index contributed by atoms with van der Waals surface area (Å²) < 4.78 is 37.1. The molecule has 0 saturated heterocycles. The lowest BCUT2D eigenvalue weighted by atomic mass is 10.0. The first-order valence-corrected chi connectivity index (χ1v) is 6.45. The van der Waals surface area contributed by atoms with Crippen LogP contribution in [0.25, 0.3) is 0 Å². The highest BCUT2D eigenvalue weighted by Crippen LogP contribution is 2.28. The zero-order valence-corrected chi connectivity index (χ0v) is 10.8. The Bertz CT molecular complexity index is 473. The summed E-state index contributed by atoms with van der Waals surface area (Å²) in [6.07, 6.45) is -0.837. The molecule has 3 N–H and O–H groups in total. The number of carbonyl (C=O) groups excluding carboxylic acids is 1. The number of halogens is 3. The zero-order chi connectivity index (χ0) is 14.8. The third kappa shape index (κ3) is 3.47. The van der Waals surface area contributed by atoms with Gasteiger partial charge in [0, 0.05) is 18.8 Å². The summed E-state index contributed by atoms with van der Waals surface area (Å²) in [7, 11) is 0. The number of hydrogen-bond acceptors (Lipinski definition) is 3. The molecule has 2 atom stereocenters. The molecule has 0 bridgehead atoms. The number of nitrogens with one attached hydrogen (secondary N) is 1. The summed E-state index contributed by atoms with van der Waals surface area (Å²) in [6, 6.07) is 2.01. The Hall–Kier alpha value is -1.63. The van der Waals surface area contributed by atoms with E-state index in [0.29, 0.717) is 12.7 Å². The molecular weight excluding hydrogens is 271 g/mol. The summed E-state index contributed by atoms with van der Waals surface area (Å²) in [6.45, 7) is 0.433. The minimum atomic E-state index is -4.45. The molecule has 1 aliphatic rings. The lowest BCUT2D eigenvalue weighted by molar-refractivity contribution is -0.137. The second-order valence-corrected chi connectivity index (χ2v) is 4.99. The second-order valence-electron chi connectivity index (χ2n) is 4.99. The molecule has 0 aliphatic heterocycles. The van der Waals surface area contributed by atoms with Gasteiger partial charge in [-0.2, -0.15) is 13.2 Å². The van der Waals surface area contributed by atoms with Gasteiger partial charge in [-0.05, 0) is 30.9 Å². The molecule has 1 fully saturated rings. The minimum absolute atomic E-state index is 0.0235. The van der Waals surface area contributed by atoms with Crippen molar-refractivity contribution in [1.82, 2.24) is 10.3 Å². The van der Waals surface area contributed by atoms with E-state index in [1.807, 2.05) is 0 Å². The van der Waals surface area contributed by atoms with Gasteiger partial charge in [0.1, 0.15) is 5.69 Å². The standard InChI is InChI=1S/C13H16F3N3O/c14-13(15,16)9-4-5-11(18-7-9)12(20)19-6-8-2-1-3-10(8)17/h4-5,7-8,10H,1-3,6,17H2,(H,19,20). The Morgan fingerprint density at radius 1 is 1.40 bits per heavy atom. The monoisotopic (exact) mass is 287 g/mol. The number of hydrogen-bond donors (Lipinski definition) is 2. The van der Waals surface area contributed by atoms with E-state index in [1.165, 1.54) is 0 Å². The number of amides is 1. The predicted molar refractivity (Wildman–Crippen MR) is 66.9 cm³/mol. The topological polar surface area (TPSA) is 68.0 Å². The number of pyridine rings is 1. The number of carbonyl (C=O) groups is 1. The smallest absolute Gasteiger partial charge is 0.350 e. The molecule has 1 heterocycles. The van der Waals surface area contributed by atoms with Crippen LogP contribution in [0, 0.1) is 5.92 Å². The highest BCUT2D eigenvalue weighted by molar-refractivity contribution is 5.92. The molecule has 2 rings (SSSR count). The Kier molecular flexibility index (Phi) is 4.27. The molecule has 7 heteroatoms. The van der Waals surface area contributed by atoms with Crippen molar-refractivity contribution in [1.29, 1.82) is 0 Å². The first-order chi connectivity index (χ1) is 9.38. The lowest BCUT2D eigenvalue weighted by Crippen LogP contribution is -2.36. The molecule has 0 radical (unpaired) electrons. The SMILES string of the molecule is NC1CCCC1CNC(=O)c1ccc(C(F)(F)F)cn1. The van der Waals surface area contributed by atoms with Crippen molar-refractivity contribution in [2.45, 2.75) is 31.5 Å². The Morgan fingerprint density at radius 2 is 2.15 bits per heavy atom. The molecule has 4 nitrogen and oxygen atoms in total. The molecule has 1 saturated carbocycles. The third-order valence-corrected chi connectivity index (χ3v) is 3.57. The fourth-order valence-corrected chi connectivity index (χ4v) is 2.33. The van der Waals surface area contributed by atoms with Gasteiger partial charge in [0.15, 0.2) is 0 Å². The van der Waals surface area contributed by atoms with Crippen molar-refractivity contribution in [2.24, 2.45) is 11.7 Å². The van der Waals surface area contributed by atoms with Gasteiger partial charge in [0.25, 0.3) is 5.91 Å². The third-order valence-electron chi connectivity index (χ3n) is 3.57. The van der Waals surface area contributed by atoms with Gasteiger partial charge in [-0.25, -0.2) is 0 Å². The van der Waals surface area contributed by atoms with Gasteiger partial charge in [0.05, 0.1) is 5.56 Å². The van der Waals surface area contributed by atoms with E-state index in [0.717, 1.165) is 31.4 Å². The summed E-state index contributed by atoms with van der Waals surface area (Å²) in [5, 5.41) is 2.67. The average molecular weight is 287 g/mol. The maximum Gasteiger partial charge on any atom is 0.417 e. The first-order valence-electron chi connectivity index (χ1n) is 6.45. The Balaban J connectivity index is 1.92. The van der Waals surface area contributed by atoms with Gasteiger partial charge in [0.2, 0.25) is 0 Å². The zero-order valence-electron chi connectivity index (χ0n) is 10.8. The van der Waals surface area contributed by atoms with Crippen molar-refractivity contribution < 1.29 is 18.0 Å². The van der Waals surface area contributed by atoms with Crippen LogP contribution in [-0.4, -0.2) is 23.5 Å². The van der Waals surface area contributed by atoms with Crippen molar-refractivity contribution in [3.05, 3.63) is 29.6 Å². The number of rotatable bonds is 3. The molecule has 20 heavy (non-hydrogen) atoms. The molecule has 0 aromatic carbocycles. The fraction of sp³-hybridized carbons (Fsp3) is 0.538. The molecule has 1 amide bonds. The molecular formula is C13H16F3N3O. The van der Waals surface area contributed by atoms with Crippen LogP contribution in [0.15, 0.2) is 18.3 Å². The largest absolute Gasteiger partial charge is 0.417 e. The maximum absolute atomic E-state index is 12.4. The summed E-state index contributed by atoms with van der Waals surface area (Å²) in [5.41, 5.74) is 4.99. The summed E-state index contributed by atoms with van der Waals surface area (Å²) >= 11 is 0. The van der Waals surface area contributed by atoms with Gasteiger partial charge < -0.3 is 11.1 Å². The number of aromatic nitrogens is 1. The van der Waals surface area contributed by atoms with Crippen LogP contribution in [-0.2, 0) is 6.18 Å². The lowest BCUT2D eigenvalue weighted by Gasteiger charge is -2.15. The van der Waals surface area contributed by atoms with Crippen molar-refractivity contribution >= 4 is 5.91 Å². The maximum atomic E-state index is 12.4. The van der Waals surface area contributed by atoms with E-state index in [9.17, 15) is 18.0 Å². The van der Waals surface area contributed by atoms with Gasteiger partial charge in [-0.1, -0.05) is 6.42 Å². The second kappa shape index (κ2) is 5.78. The van der Waals surface area contributed by atoms with Crippen LogP contribution >= 0.6 is 0 Å². The minimum Gasteiger partial charge on any atom is -0.350 e. The van der Waals surface area contributed by atoms with Crippen LogP contribution in [0.4, 0.5) is 13.2 Å². The Morgan fingerprint density at radius 3 is 2.65 bits per heavy atom. The molecule has 110 valence electrons. The highest BCUT2D eigenvalue weighted by atomic mass is 19.4. The average Bonchev–Trinajstić information content (AvgIpc) is 2.81. The number of nitrogens with two attached hydrogens (primary N) is 1. The molecule has 0 spiro atoms. The van der Waals surface area contributed by atoms with Crippen LogP contribution in [0.5, 0.6) is 0 Å². The van der Waals surface area contributed by atoms with Crippen LogP contribution in [0.1, 0.15) is 35.3 Å². The van der Waals surface area contributed by atoms with E-state index in [2.05, 4.69) is 10.3 Å². The predicted octanol–water partition coefficient (Wildman–Crippen LogP) is 1.96. The summed E-state index contributed by atoms with van der Waals surface area (Å²) in [4.78, 5) is 15.3. The fourth-order valence-electron chi connectivity index (χ4n) is 2.33. The quantitative estimate of drug-likeness (QED) is 0.893. The van der Waals surface area contributed by atoms with Crippen LogP contribution in [0.2, 0.25) is 0 Å². The van der Waals surface area contributed by atoms with Crippen molar-refractivity contribution in [3.8, 4) is 0 Å². The van der Waals surface area contributed by atoms with E-state index in [-0.39, 0.29) is 17.7 Å². The molecule has 1 aliphatic carbocycles. The number of alkyl halides is 3. The normalized spacial score (nSPS) is 22.8. The van der Waals surface area contributed by atoms with Crippen molar-refractivity contribution in [2.75, 3.05) is 6.54 Å². The Labute approximate surface area is 114 Å². The highest BCUT2D eigenvalue weighted by Gasteiger charge is 2.31. The molecule has 1 aromatic rings. The van der Waals surface area contributed by atoms with E-state index < -0.39 is 17.6 Å². The van der Waals surface area contributed by atoms with E-state index >= 15 is 0 Å². The van der Waals surface area contributed by atoms with E-state index in [4.69, 9.17) is 5.73 Å². The van der Waals surface area contributed by atoms with E-state index in [1.54, 1.807) is 0 Å². The van der Waals surface area contributed by atoms with Gasteiger partial charge in [-0.3, -0.25) is 9.78 Å². The molecule has 2 unspecified atom stereocenters. The van der Waals surface area contributed by atoms with Crippen LogP contribution < -0.4 is 11.1 Å². The van der Waals surface area contributed by atoms with Crippen molar-refractivity contribution in [3.63, 3.8) is 0 Å². The molecule has 1 aromatic heterocycles. The van der Waals surface area contributed by atoms with Gasteiger partial charge >= 0.3 is 6.18 Å². The van der Waals surface area contributed by atoms with Crippen LogP contribution in [0.3, 0.4) is 0 Å². The number of nitrogens with zero attached hydrogens (tertiary/aromatic N) is 1. The summed E-state index contributed by atoms with van der Waals surface area (Å²) in [5.74, 6) is -0.244.